The zero-order valence-electron chi connectivity index (χ0n) is 15.5. The number of carbonyl (C=O) groups is 1. The number of carbonyl (C=O) groups excluding carboxylic acids is 1. The summed E-state index contributed by atoms with van der Waals surface area (Å²) in [4.78, 5) is 20.6. The topological polar surface area (TPSA) is 99.9 Å². The summed E-state index contributed by atoms with van der Waals surface area (Å²) in [5, 5.41) is 13.4. The Bertz CT molecular complexity index is 725. The van der Waals surface area contributed by atoms with Gasteiger partial charge >= 0.3 is 8.53 Å². The van der Waals surface area contributed by atoms with Gasteiger partial charge in [0.15, 0.2) is 0 Å². The lowest BCUT2D eigenvalue weighted by Crippen LogP contribution is -2.16. The van der Waals surface area contributed by atoms with Crippen molar-refractivity contribution >= 4 is 20.5 Å². The van der Waals surface area contributed by atoms with Crippen molar-refractivity contribution in [3.63, 3.8) is 0 Å². The van der Waals surface area contributed by atoms with Crippen LogP contribution < -0.4 is 14.1 Å². The summed E-state index contributed by atoms with van der Waals surface area (Å²) < 4.78 is 16.1. The Hall–Kier alpha value is -2.54. The van der Waals surface area contributed by atoms with Gasteiger partial charge in [0.2, 0.25) is 0 Å². The van der Waals surface area contributed by atoms with E-state index in [2.05, 4.69) is 5.09 Å². The lowest BCUT2D eigenvalue weighted by Gasteiger charge is -2.17. The van der Waals surface area contributed by atoms with Crippen LogP contribution in [0.2, 0.25) is 0 Å². The number of aldehydes is 1. The quantitative estimate of drug-likeness (QED) is 0.274. The molecule has 1 saturated carbocycles. The number of methoxy groups -OCH3 is 1. The SMILES string of the molecule is COCC1CC1.O=CCNP(Oc1ccccc1)Oc1ccc([N+](=O)[O-])cc1. The van der Waals surface area contributed by atoms with Gasteiger partial charge in [-0.3, -0.25) is 10.1 Å². The van der Waals surface area contributed by atoms with E-state index in [-0.39, 0.29) is 12.2 Å². The van der Waals surface area contributed by atoms with Crippen molar-refractivity contribution < 1.29 is 23.5 Å². The van der Waals surface area contributed by atoms with Crippen LogP contribution in [0.4, 0.5) is 5.69 Å². The van der Waals surface area contributed by atoms with Gasteiger partial charge in [-0.15, -0.1) is 0 Å². The van der Waals surface area contributed by atoms with Gasteiger partial charge < -0.3 is 18.6 Å². The zero-order chi connectivity index (χ0) is 20.2. The highest BCUT2D eigenvalue weighted by Gasteiger charge is 2.20. The van der Waals surface area contributed by atoms with Gasteiger partial charge in [0.05, 0.1) is 11.5 Å². The van der Waals surface area contributed by atoms with E-state index in [1.54, 1.807) is 19.2 Å². The molecule has 1 N–H and O–H groups in total. The van der Waals surface area contributed by atoms with Crippen LogP contribution in [0.1, 0.15) is 12.8 Å². The van der Waals surface area contributed by atoms with Crippen LogP contribution in [0.3, 0.4) is 0 Å². The van der Waals surface area contributed by atoms with Crippen LogP contribution in [0, 0.1) is 16.0 Å². The molecule has 0 aliphatic heterocycles. The van der Waals surface area contributed by atoms with Crippen molar-refractivity contribution in [2.45, 2.75) is 12.8 Å². The van der Waals surface area contributed by atoms with Crippen molar-refractivity contribution in [1.82, 2.24) is 5.09 Å². The van der Waals surface area contributed by atoms with E-state index >= 15 is 0 Å². The summed E-state index contributed by atoms with van der Waals surface area (Å²) in [5.41, 5.74) is -0.0264. The molecule has 150 valence electrons. The third kappa shape index (κ3) is 8.43. The fourth-order valence-electron chi connectivity index (χ4n) is 2.02. The molecule has 0 saturated heterocycles. The van der Waals surface area contributed by atoms with Crippen LogP contribution in [0.25, 0.3) is 0 Å². The Morgan fingerprint density at radius 2 is 1.71 bits per heavy atom. The third-order valence-corrected chi connectivity index (χ3v) is 4.76. The van der Waals surface area contributed by atoms with E-state index in [0.29, 0.717) is 17.8 Å². The van der Waals surface area contributed by atoms with Gasteiger partial charge in [0.1, 0.15) is 17.8 Å². The largest absolute Gasteiger partial charge is 0.427 e. The number of ether oxygens (including phenoxy) is 1. The van der Waals surface area contributed by atoms with Gasteiger partial charge in [-0.05, 0) is 43.0 Å². The van der Waals surface area contributed by atoms with Crippen LogP contribution in [-0.4, -0.2) is 31.5 Å². The van der Waals surface area contributed by atoms with E-state index in [1.807, 2.05) is 18.2 Å². The lowest BCUT2D eigenvalue weighted by molar-refractivity contribution is -0.384. The highest BCUT2D eigenvalue weighted by molar-refractivity contribution is 7.45. The Labute approximate surface area is 164 Å². The van der Waals surface area contributed by atoms with Crippen LogP contribution in [0.15, 0.2) is 54.6 Å². The number of nitro benzene ring substituents is 1. The summed E-state index contributed by atoms with van der Waals surface area (Å²) in [6.45, 7) is 1.06. The smallest absolute Gasteiger partial charge is 0.382 e. The first kappa shape index (κ1) is 21.8. The number of rotatable bonds is 10. The van der Waals surface area contributed by atoms with Crippen molar-refractivity contribution in [3.05, 3.63) is 64.7 Å². The average molecular weight is 406 g/mol. The predicted molar refractivity (Wildman–Crippen MR) is 106 cm³/mol. The standard InChI is InChI=1S/C14H13N2O5P.C5H10O/c17-11-10-15-22(20-13-4-2-1-3-5-13)21-14-8-6-12(7-9-14)16(18)19;1-6-4-5-2-3-5/h1-9,11,15H,10H2;5H,2-4H2,1H3. The second-order valence-electron chi connectivity index (χ2n) is 5.93. The molecule has 0 bridgehead atoms. The van der Waals surface area contributed by atoms with Gasteiger partial charge in [-0.1, -0.05) is 18.2 Å². The number of hydrogen-bond donors (Lipinski definition) is 1. The first-order chi connectivity index (χ1) is 13.6. The molecule has 3 rings (SSSR count). The van der Waals surface area contributed by atoms with Crippen LogP contribution in [-0.2, 0) is 9.53 Å². The number of nitrogens with one attached hydrogen (secondary N) is 1. The first-order valence-corrected chi connectivity index (χ1v) is 9.91. The molecular formula is C19H23N2O6P. The van der Waals surface area contributed by atoms with Gasteiger partial charge in [-0.25, -0.2) is 5.09 Å². The Morgan fingerprint density at radius 1 is 1.11 bits per heavy atom. The molecule has 2 aromatic carbocycles. The predicted octanol–water partition coefficient (Wildman–Crippen LogP) is 4.11. The number of para-hydroxylation sites is 1. The summed E-state index contributed by atoms with van der Waals surface area (Å²) in [7, 11) is 0.167. The fourth-order valence-corrected chi connectivity index (χ4v) is 3.03. The first-order valence-electron chi connectivity index (χ1n) is 8.74. The maximum absolute atomic E-state index is 10.6. The molecule has 0 spiro atoms. The summed E-state index contributed by atoms with van der Waals surface area (Å²) in [5.74, 6) is 1.93. The van der Waals surface area contributed by atoms with E-state index in [9.17, 15) is 14.9 Å². The number of nitrogens with zero attached hydrogens (tertiary/aromatic N) is 1. The molecule has 9 heteroatoms. The van der Waals surface area contributed by atoms with Gasteiger partial charge in [0.25, 0.3) is 5.69 Å². The van der Waals surface area contributed by atoms with Crippen molar-refractivity contribution in [2.75, 3.05) is 20.3 Å². The highest BCUT2D eigenvalue weighted by Crippen LogP contribution is 2.36. The van der Waals surface area contributed by atoms with Gasteiger partial charge in [-0.2, -0.15) is 0 Å². The van der Waals surface area contributed by atoms with E-state index in [0.717, 1.165) is 12.5 Å². The molecule has 1 aliphatic carbocycles. The number of benzene rings is 2. The molecule has 0 amide bonds. The minimum absolute atomic E-state index is 0.0264. The number of non-ortho nitro benzene ring substituents is 1. The highest BCUT2D eigenvalue weighted by atomic mass is 31.2. The molecule has 1 aliphatic rings. The molecule has 0 radical (unpaired) electrons. The van der Waals surface area contributed by atoms with E-state index in [1.165, 1.54) is 37.1 Å². The monoisotopic (exact) mass is 406 g/mol. The van der Waals surface area contributed by atoms with Crippen molar-refractivity contribution in [2.24, 2.45) is 5.92 Å². The summed E-state index contributed by atoms with van der Waals surface area (Å²) in [6, 6.07) is 14.6. The van der Waals surface area contributed by atoms with Crippen molar-refractivity contribution in [3.8, 4) is 11.5 Å². The Morgan fingerprint density at radius 3 is 2.18 bits per heavy atom. The van der Waals surface area contributed by atoms with E-state index < -0.39 is 13.4 Å². The normalized spacial score (nSPS) is 13.6. The summed E-state index contributed by atoms with van der Waals surface area (Å²) >= 11 is 0. The molecule has 1 fully saturated rings. The minimum Gasteiger partial charge on any atom is -0.427 e. The molecule has 28 heavy (non-hydrogen) atoms. The maximum atomic E-state index is 10.6. The lowest BCUT2D eigenvalue weighted by atomic mass is 10.3. The molecule has 1 atom stereocenters. The second-order valence-corrected chi connectivity index (χ2v) is 7.13. The third-order valence-electron chi connectivity index (χ3n) is 3.57. The molecule has 1 unspecified atom stereocenters. The number of hydrogen-bond acceptors (Lipinski definition) is 7. The second kappa shape index (κ2) is 12.0. The molecule has 2 aromatic rings. The van der Waals surface area contributed by atoms with E-state index in [4.69, 9.17) is 13.8 Å². The molecular weight excluding hydrogens is 383 g/mol. The Balaban J connectivity index is 0.000000397. The maximum Gasteiger partial charge on any atom is 0.382 e. The minimum atomic E-state index is -1.60. The molecule has 0 heterocycles. The van der Waals surface area contributed by atoms with Crippen molar-refractivity contribution in [1.29, 1.82) is 0 Å². The number of nitro groups is 1. The van der Waals surface area contributed by atoms with Gasteiger partial charge in [0, 0.05) is 25.8 Å². The Kier molecular flexibility index (Phi) is 9.34. The molecule has 8 nitrogen and oxygen atoms in total. The van der Waals surface area contributed by atoms with Crippen LogP contribution >= 0.6 is 8.53 Å². The average Bonchev–Trinajstić information content (AvgIpc) is 3.52. The summed E-state index contributed by atoms with van der Waals surface area (Å²) in [6.07, 6.45) is 3.49. The fraction of sp³-hybridized carbons (Fsp3) is 0.316. The zero-order valence-corrected chi connectivity index (χ0v) is 16.4. The van der Waals surface area contributed by atoms with Crippen LogP contribution in [0.5, 0.6) is 11.5 Å². The molecule has 0 aromatic heterocycles.